The van der Waals surface area contributed by atoms with Crippen LogP contribution in [0.2, 0.25) is 0 Å². The van der Waals surface area contributed by atoms with Crippen molar-refractivity contribution in [3.63, 3.8) is 0 Å². The summed E-state index contributed by atoms with van der Waals surface area (Å²) < 4.78 is 7.14. The Hall–Kier alpha value is -3.07. The molecule has 0 bridgehead atoms. The van der Waals surface area contributed by atoms with Gasteiger partial charge >= 0.3 is 6.03 Å². The average molecular weight is 441 g/mol. The molecule has 0 unspecified atom stereocenters. The van der Waals surface area contributed by atoms with E-state index in [9.17, 15) is 9.59 Å². The molecule has 32 heavy (non-hydrogen) atoms. The lowest BCUT2D eigenvalue weighted by Gasteiger charge is -2.34. The summed E-state index contributed by atoms with van der Waals surface area (Å²) in [6, 6.07) is 8.84. The molecule has 9 nitrogen and oxygen atoms in total. The maximum Gasteiger partial charge on any atom is 0.324 e. The largest absolute Gasteiger partial charge is 0.495 e. The van der Waals surface area contributed by atoms with E-state index in [0.29, 0.717) is 36.9 Å². The quantitative estimate of drug-likeness (QED) is 0.720. The van der Waals surface area contributed by atoms with Gasteiger partial charge in [-0.05, 0) is 50.9 Å². The van der Waals surface area contributed by atoms with Crippen molar-refractivity contribution < 1.29 is 14.3 Å². The van der Waals surface area contributed by atoms with Crippen molar-refractivity contribution >= 4 is 23.4 Å². The van der Waals surface area contributed by atoms with Crippen LogP contribution >= 0.6 is 0 Å². The molecule has 2 aromatic rings. The molecule has 2 N–H and O–H groups in total. The number of urea groups is 1. The Morgan fingerprint density at radius 2 is 1.78 bits per heavy atom. The zero-order chi connectivity index (χ0) is 22.3. The van der Waals surface area contributed by atoms with Crippen molar-refractivity contribution in [1.29, 1.82) is 0 Å². The highest BCUT2D eigenvalue weighted by Crippen LogP contribution is 2.27. The van der Waals surface area contributed by atoms with Crippen LogP contribution in [0.25, 0.3) is 0 Å². The number of methoxy groups -OCH3 is 1. The monoisotopic (exact) mass is 440 g/mol. The summed E-state index contributed by atoms with van der Waals surface area (Å²) in [6.07, 6.45) is 6.97. The van der Waals surface area contributed by atoms with Gasteiger partial charge in [0.15, 0.2) is 0 Å². The lowest BCUT2D eigenvalue weighted by atomic mass is 10.0. The summed E-state index contributed by atoms with van der Waals surface area (Å²) in [6.45, 7) is 4.01. The minimum absolute atomic E-state index is 0.144. The van der Waals surface area contributed by atoms with Crippen LogP contribution in [0.5, 0.6) is 5.75 Å². The van der Waals surface area contributed by atoms with Gasteiger partial charge in [-0.1, -0.05) is 18.6 Å². The Bertz CT molecular complexity index is 916. The van der Waals surface area contributed by atoms with Crippen molar-refractivity contribution in [3.05, 3.63) is 36.5 Å². The van der Waals surface area contributed by atoms with E-state index in [4.69, 9.17) is 4.74 Å². The molecule has 0 spiro atoms. The molecule has 2 saturated heterocycles. The third-order valence-electron chi connectivity index (χ3n) is 6.24. The Balaban J connectivity index is 1.30. The first-order chi connectivity index (χ1) is 15.6. The van der Waals surface area contributed by atoms with Gasteiger partial charge in [0.1, 0.15) is 11.6 Å². The number of likely N-dealkylation sites (tertiary alicyclic amines) is 2. The Labute approximate surface area is 188 Å². The number of hydrogen-bond acceptors (Lipinski definition) is 5. The Morgan fingerprint density at radius 1 is 1.03 bits per heavy atom. The summed E-state index contributed by atoms with van der Waals surface area (Å²) in [7, 11) is 1.57. The minimum Gasteiger partial charge on any atom is -0.495 e. The molecule has 2 aliphatic heterocycles. The lowest BCUT2D eigenvalue weighted by molar-refractivity contribution is -0.134. The van der Waals surface area contributed by atoms with Gasteiger partial charge in [0.2, 0.25) is 5.91 Å². The summed E-state index contributed by atoms with van der Waals surface area (Å²) in [4.78, 5) is 29.5. The van der Waals surface area contributed by atoms with Crippen LogP contribution in [0, 0.1) is 0 Å². The number of aromatic nitrogens is 2. The molecule has 2 aliphatic rings. The van der Waals surface area contributed by atoms with Crippen molar-refractivity contribution in [2.24, 2.45) is 0 Å². The fraction of sp³-hybridized carbons (Fsp3) is 0.522. The van der Waals surface area contributed by atoms with Crippen LogP contribution in [-0.2, 0) is 4.79 Å². The van der Waals surface area contributed by atoms with Gasteiger partial charge in [0, 0.05) is 19.2 Å². The summed E-state index contributed by atoms with van der Waals surface area (Å²) in [5.74, 6) is 1.45. The van der Waals surface area contributed by atoms with Crippen LogP contribution in [0.3, 0.4) is 0 Å². The highest BCUT2D eigenvalue weighted by atomic mass is 16.5. The number of nitrogens with one attached hydrogen (secondary N) is 2. The number of hydrogen-bond donors (Lipinski definition) is 2. The van der Waals surface area contributed by atoms with Gasteiger partial charge in [-0.3, -0.25) is 15.0 Å². The van der Waals surface area contributed by atoms with E-state index in [0.717, 1.165) is 25.9 Å². The number of nitrogens with zero attached hydrogens (tertiary/aromatic N) is 4. The third-order valence-corrected chi connectivity index (χ3v) is 6.24. The molecular weight excluding hydrogens is 408 g/mol. The number of carbonyl (C=O) groups is 2. The number of ether oxygens (including phenoxy) is 1. The molecule has 1 aromatic heterocycles. The van der Waals surface area contributed by atoms with Gasteiger partial charge in [-0.25, -0.2) is 9.48 Å². The van der Waals surface area contributed by atoms with E-state index in [1.165, 1.54) is 19.3 Å². The summed E-state index contributed by atoms with van der Waals surface area (Å²) in [5.41, 5.74) is 0.596. The van der Waals surface area contributed by atoms with Gasteiger partial charge in [0.25, 0.3) is 0 Å². The number of rotatable bonds is 6. The average Bonchev–Trinajstić information content (AvgIpc) is 3.28. The molecule has 0 aliphatic carbocycles. The van der Waals surface area contributed by atoms with Crippen molar-refractivity contribution in [3.8, 4) is 5.75 Å². The number of para-hydroxylation sites is 2. The van der Waals surface area contributed by atoms with Crippen molar-refractivity contribution in [1.82, 2.24) is 19.6 Å². The SMILES string of the molecule is COc1ccccc1NC(=O)Nc1ccnn1C1CCN(C(=O)CN2CCCCC2)CC1. The maximum absolute atomic E-state index is 12.7. The first-order valence-electron chi connectivity index (χ1n) is 11.4. The van der Waals surface area contributed by atoms with Crippen LogP contribution in [0.4, 0.5) is 16.3 Å². The van der Waals surface area contributed by atoms with E-state index in [1.807, 2.05) is 21.7 Å². The lowest BCUT2D eigenvalue weighted by Crippen LogP contribution is -2.45. The number of amides is 3. The van der Waals surface area contributed by atoms with Gasteiger partial charge in [-0.15, -0.1) is 0 Å². The van der Waals surface area contributed by atoms with Gasteiger partial charge in [-0.2, -0.15) is 5.10 Å². The first-order valence-corrected chi connectivity index (χ1v) is 11.4. The molecule has 0 saturated carbocycles. The minimum atomic E-state index is -0.356. The van der Waals surface area contributed by atoms with E-state index in [2.05, 4.69) is 20.6 Å². The Morgan fingerprint density at radius 3 is 2.53 bits per heavy atom. The second kappa shape index (κ2) is 10.5. The van der Waals surface area contributed by atoms with E-state index < -0.39 is 0 Å². The third kappa shape index (κ3) is 5.40. The predicted octanol–water partition coefficient (Wildman–Crippen LogP) is 3.19. The van der Waals surface area contributed by atoms with Crippen LogP contribution in [-0.4, -0.2) is 71.4 Å². The number of benzene rings is 1. The molecule has 3 amide bonds. The highest BCUT2D eigenvalue weighted by Gasteiger charge is 2.27. The van der Waals surface area contributed by atoms with Crippen LogP contribution < -0.4 is 15.4 Å². The molecule has 9 heteroatoms. The van der Waals surface area contributed by atoms with Crippen LogP contribution in [0.1, 0.15) is 38.1 Å². The number of anilines is 2. The summed E-state index contributed by atoms with van der Waals surface area (Å²) in [5, 5.41) is 10.1. The van der Waals surface area contributed by atoms with E-state index in [1.54, 1.807) is 31.5 Å². The molecule has 0 atom stereocenters. The molecule has 172 valence electrons. The first kappa shape index (κ1) is 22.1. The zero-order valence-electron chi connectivity index (χ0n) is 18.6. The molecule has 3 heterocycles. The van der Waals surface area contributed by atoms with Crippen molar-refractivity contribution in [2.75, 3.05) is 50.5 Å². The van der Waals surface area contributed by atoms with E-state index in [-0.39, 0.29) is 18.0 Å². The van der Waals surface area contributed by atoms with Crippen LogP contribution in [0.15, 0.2) is 36.5 Å². The molecule has 2 fully saturated rings. The summed E-state index contributed by atoms with van der Waals surface area (Å²) >= 11 is 0. The highest BCUT2D eigenvalue weighted by molar-refractivity contribution is 6.00. The fourth-order valence-electron chi connectivity index (χ4n) is 4.49. The topological polar surface area (TPSA) is 91.7 Å². The standard InChI is InChI=1S/C23H32N6O3/c1-32-20-8-4-3-7-19(20)25-23(31)26-21-9-12-24-29(21)18-10-15-28(16-11-18)22(30)17-27-13-5-2-6-14-27/h3-4,7-9,12,18H,2,5-6,10-11,13-17H2,1H3,(H2,25,26,31). The van der Waals surface area contributed by atoms with Gasteiger partial charge < -0.3 is 15.0 Å². The van der Waals surface area contributed by atoms with Crippen molar-refractivity contribution in [2.45, 2.75) is 38.1 Å². The second-order valence-electron chi connectivity index (χ2n) is 8.39. The van der Waals surface area contributed by atoms with Gasteiger partial charge in [0.05, 0.1) is 31.6 Å². The number of piperidine rings is 2. The fourth-order valence-corrected chi connectivity index (χ4v) is 4.49. The molecule has 4 rings (SSSR count). The predicted molar refractivity (Wildman–Crippen MR) is 123 cm³/mol. The smallest absolute Gasteiger partial charge is 0.324 e. The molecule has 0 radical (unpaired) electrons. The maximum atomic E-state index is 12.7. The zero-order valence-corrected chi connectivity index (χ0v) is 18.6. The molecule has 1 aromatic carbocycles. The second-order valence-corrected chi connectivity index (χ2v) is 8.39. The van der Waals surface area contributed by atoms with E-state index >= 15 is 0 Å². The molecular formula is C23H32N6O3. The number of carbonyl (C=O) groups excluding carboxylic acids is 2. The Kier molecular flexibility index (Phi) is 7.26. The normalized spacial score (nSPS) is 17.7.